The van der Waals surface area contributed by atoms with E-state index in [0.717, 1.165) is 12.8 Å². The molecule has 6 rings (SSSR count). The van der Waals surface area contributed by atoms with Gasteiger partial charge in [0.25, 0.3) is 0 Å². The van der Waals surface area contributed by atoms with Crippen LogP contribution in [-0.2, 0) is 20.9 Å². The van der Waals surface area contributed by atoms with E-state index in [4.69, 9.17) is 0 Å². The zero-order valence-corrected chi connectivity index (χ0v) is 28.5. The normalized spacial score (nSPS) is 17.5. The molecule has 2 aliphatic carbocycles. The molecule has 0 bridgehead atoms. The first-order chi connectivity index (χ1) is 19.4. The van der Waals surface area contributed by atoms with Gasteiger partial charge < -0.3 is 0 Å². The van der Waals surface area contributed by atoms with Crippen LogP contribution in [0.4, 0.5) is 0 Å². The van der Waals surface area contributed by atoms with Crippen LogP contribution in [0.2, 0.25) is 13.1 Å². The molecule has 0 radical (unpaired) electrons. The van der Waals surface area contributed by atoms with Crippen LogP contribution in [0, 0.1) is 13.8 Å². The predicted octanol–water partition coefficient (Wildman–Crippen LogP) is 10.6. The standard InChI is InChI=1S/2C18H17.C2H7Si.Zr/c2*1-3-14-11-16-5-4-6-17(18(16)12-14)15-9-7-13(2)8-10-15;1-3-2;/h2*4-12H,3H2,1-2H3;3H,1-2H3;. The predicted molar refractivity (Wildman–Crippen MR) is 174 cm³/mol. The Labute approximate surface area is 250 Å². The molecule has 4 aromatic carbocycles. The Kier molecular flexibility index (Phi) is 7.86. The summed E-state index contributed by atoms with van der Waals surface area (Å²) < 4.78 is 1.38. The fraction of sp³-hybridized carbons (Fsp3) is 0.263. The van der Waals surface area contributed by atoms with Crippen molar-refractivity contribution in [1.29, 1.82) is 0 Å². The van der Waals surface area contributed by atoms with Crippen LogP contribution in [0.25, 0.3) is 34.4 Å². The van der Waals surface area contributed by atoms with Gasteiger partial charge in [-0.05, 0) is 0 Å². The van der Waals surface area contributed by atoms with Crippen LogP contribution < -0.4 is 0 Å². The van der Waals surface area contributed by atoms with Crippen LogP contribution >= 0.6 is 0 Å². The minimum absolute atomic E-state index is 0.688. The third-order valence-electron chi connectivity index (χ3n) is 9.18. The van der Waals surface area contributed by atoms with E-state index in [1.807, 2.05) is 0 Å². The summed E-state index contributed by atoms with van der Waals surface area (Å²) in [6.45, 7) is 14.5. The molecule has 0 nitrogen and oxygen atoms in total. The van der Waals surface area contributed by atoms with Gasteiger partial charge in [0.05, 0.1) is 0 Å². The van der Waals surface area contributed by atoms with Gasteiger partial charge in [-0.15, -0.1) is 0 Å². The van der Waals surface area contributed by atoms with E-state index < -0.39 is 26.8 Å². The van der Waals surface area contributed by atoms with Crippen molar-refractivity contribution < 1.29 is 20.9 Å². The molecule has 0 spiro atoms. The maximum absolute atomic E-state index is 2.68. The number of hydrogen-bond acceptors (Lipinski definition) is 0. The molecular formula is C38H41SiZr. The molecule has 0 fully saturated rings. The Morgan fingerprint density at radius 3 is 1.32 bits per heavy atom. The molecule has 201 valence electrons. The molecule has 0 saturated heterocycles. The fourth-order valence-electron chi connectivity index (χ4n) is 7.13. The quantitative estimate of drug-likeness (QED) is 0.181. The second-order valence-electron chi connectivity index (χ2n) is 12.0. The Hall–Kier alpha value is -2.54. The van der Waals surface area contributed by atoms with Crippen LogP contribution in [0.1, 0.15) is 67.3 Å². The average Bonchev–Trinajstić information content (AvgIpc) is 3.53. The summed E-state index contributed by atoms with van der Waals surface area (Å²) in [5.41, 5.74) is 17.9. The molecule has 0 heterocycles. The minimum atomic E-state index is -2.08. The fourth-order valence-corrected chi connectivity index (χ4v) is 30.3. The summed E-state index contributed by atoms with van der Waals surface area (Å²) in [6.07, 6.45) is 7.54. The first-order valence-corrected chi connectivity index (χ1v) is 25.1. The number of rotatable bonds is 7. The van der Waals surface area contributed by atoms with Gasteiger partial charge in [0.1, 0.15) is 0 Å². The molecule has 0 aromatic heterocycles. The van der Waals surface area contributed by atoms with Crippen molar-refractivity contribution in [2.75, 3.05) is 0 Å². The molecule has 4 aromatic rings. The van der Waals surface area contributed by atoms with Crippen molar-refractivity contribution in [3.05, 3.63) is 129 Å². The van der Waals surface area contributed by atoms with Crippen LogP contribution in [-0.4, -0.2) is 5.92 Å². The zero-order chi connectivity index (χ0) is 28.0. The monoisotopic (exact) mass is 615 g/mol. The van der Waals surface area contributed by atoms with E-state index in [1.165, 1.54) is 44.5 Å². The second kappa shape index (κ2) is 11.4. The molecule has 40 heavy (non-hydrogen) atoms. The molecular weight excluding hydrogens is 576 g/mol. The number of benzene rings is 4. The summed E-state index contributed by atoms with van der Waals surface area (Å²) in [5, 5.41) is 0. The topological polar surface area (TPSA) is 0 Å². The molecule has 2 unspecified atom stereocenters. The van der Waals surface area contributed by atoms with Crippen molar-refractivity contribution >= 4 is 18.1 Å². The maximum atomic E-state index is 2.68. The third-order valence-corrected chi connectivity index (χ3v) is 30.9. The van der Waals surface area contributed by atoms with Gasteiger partial charge in [-0.3, -0.25) is 0 Å². The molecule has 0 aliphatic heterocycles. The Bertz CT molecular complexity index is 1490. The summed E-state index contributed by atoms with van der Waals surface area (Å²) in [7, 11) is 0. The van der Waals surface area contributed by atoms with Gasteiger partial charge in [-0.25, -0.2) is 0 Å². The van der Waals surface area contributed by atoms with Crippen LogP contribution in [0.15, 0.2) is 96.1 Å². The average molecular weight is 617 g/mol. The van der Waals surface area contributed by atoms with E-state index in [9.17, 15) is 0 Å². The Morgan fingerprint density at radius 2 is 0.975 bits per heavy atom. The van der Waals surface area contributed by atoms with Crippen LogP contribution in [0.5, 0.6) is 0 Å². The number of aryl methyl sites for hydroxylation is 2. The van der Waals surface area contributed by atoms with Gasteiger partial charge in [-0.1, -0.05) is 0 Å². The van der Waals surface area contributed by atoms with Crippen molar-refractivity contribution in [3.8, 4) is 22.3 Å². The Balaban J connectivity index is 1.48. The summed E-state index contributed by atoms with van der Waals surface area (Å²) in [4.78, 5) is 0. The van der Waals surface area contributed by atoms with E-state index in [2.05, 4.69) is 138 Å². The van der Waals surface area contributed by atoms with Crippen molar-refractivity contribution in [1.82, 2.24) is 0 Å². The summed E-state index contributed by atoms with van der Waals surface area (Å²) >= 11 is -2.08. The molecule has 0 saturated carbocycles. The van der Waals surface area contributed by atoms with Crippen LogP contribution in [0.3, 0.4) is 0 Å². The zero-order valence-electron chi connectivity index (χ0n) is 24.9. The molecule has 2 atom stereocenters. The SMILES string of the molecule is CCC1=Cc2c(-c3ccc(C)cc3)cccc2[CH]1[Zr]([CH]1C(CC)=Cc2c(-c3ccc(C)cc3)cccc21)[SiH](C)C. The first kappa shape index (κ1) is 27.6. The molecule has 0 amide bonds. The summed E-state index contributed by atoms with van der Waals surface area (Å²) in [6, 6.07) is 32.6. The number of allylic oxidation sites excluding steroid dienone is 2. The van der Waals surface area contributed by atoms with Crippen molar-refractivity contribution in [3.63, 3.8) is 0 Å². The number of fused-ring (bicyclic) bond motifs is 2. The van der Waals surface area contributed by atoms with Crippen molar-refractivity contribution in [2.24, 2.45) is 0 Å². The van der Waals surface area contributed by atoms with E-state index in [1.54, 1.807) is 22.3 Å². The van der Waals surface area contributed by atoms with E-state index >= 15 is 0 Å². The van der Waals surface area contributed by atoms with Gasteiger partial charge in [-0.2, -0.15) is 0 Å². The molecule has 0 N–H and O–H groups in total. The second-order valence-corrected chi connectivity index (χ2v) is 32.1. The molecule has 2 aliphatic rings. The van der Waals surface area contributed by atoms with Gasteiger partial charge in [0.15, 0.2) is 0 Å². The Morgan fingerprint density at radius 1 is 0.575 bits per heavy atom. The van der Waals surface area contributed by atoms with Gasteiger partial charge in [0.2, 0.25) is 0 Å². The first-order valence-electron chi connectivity index (χ1n) is 15.1. The van der Waals surface area contributed by atoms with E-state index in [-0.39, 0.29) is 0 Å². The van der Waals surface area contributed by atoms with Gasteiger partial charge >= 0.3 is 252 Å². The molecule has 2 heteroatoms. The number of hydrogen-bond donors (Lipinski definition) is 0. The van der Waals surface area contributed by atoms with E-state index in [0.29, 0.717) is 7.25 Å². The van der Waals surface area contributed by atoms with Crippen molar-refractivity contribution in [2.45, 2.75) is 60.9 Å². The van der Waals surface area contributed by atoms with Gasteiger partial charge in [0, 0.05) is 0 Å². The summed E-state index contributed by atoms with van der Waals surface area (Å²) in [5.74, 6) is -0.892. The third kappa shape index (κ3) is 4.82.